The molecular formula is C27H28N4O5. The number of fused-ring (bicyclic) bond motifs is 1. The number of amides is 1. The Morgan fingerprint density at radius 1 is 1.03 bits per heavy atom. The van der Waals surface area contributed by atoms with E-state index in [1.807, 2.05) is 57.2 Å². The average Bonchev–Trinajstić information content (AvgIpc) is 3.28. The third kappa shape index (κ3) is 5.00. The summed E-state index contributed by atoms with van der Waals surface area (Å²) in [4.78, 5) is 30.2. The first-order valence-corrected chi connectivity index (χ1v) is 11.5. The fourth-order valence-corrected chi connectivity index (χ4v) is 3.77. The van der Waals surface area contributed by atoms with Gasteiger partial charge in [0.25, 0.3) is 5.91 Å². The molecule has 4 rings (SSSR count). The van der Waals surface area contributed by atoms with Crippen molar-refractivity contribution in [2.24, 2.45) is 0 Å². The topological polar surface area (TPSA) is 105 Å². The number of para-hydroxylation sites is 1. The van der Waals surface area contributed by atoms with Crippen molar-refractivity contribution >= 4 is 28.6 Å². The Kier molecular flexibility index (Phi) is 7.19. The van der Waals surface area contributed by atoms with Gasteiger partial charge in [-0.15, -0.1) is 0 Å². The number of aromatic nitrogens is 3. The molecule has 0 fully saturated rings. The van der Waals surface area contributed by atoms with Crippen molar-refractivity contribution in [3.8, 4) is 17.3 Å². The van der Waals surface area contributed by atoms with Gasteiger partial charge in [-0.05, 0) is 68.7 Å². The minimum Gasteiger partial charge on any atom is -0.494 e. The van der Waals surface area contributed by atoms with Gasteiger partial charge < -0.3 is 19.5 Å². The predicted molar refractivity (Wildman–Crippen MR) is 136 cm³/mol. The minimum atomic E-state index is -0.607. The quantitative estimate of drug-likeness (QED) is 0.363. The molecule has 0 bridgehead atoms. The minimum absolute atomic E-state index is 0.107. The van der Waals surface area contributed by atoms with Crippen LogP contribution in [0.25, 0.3) is 16.7 Å². The van der Waals surface area contributed by atoms with Crippen LogP contribution in [0.1, 0.15) is 34.0 Å². The summed E-state index contributed by atoms with van der Waals surface area (Å²) >= 11 is 0. The van der Waals surface area contributed by atoms with Crippen molar-refractivity contribution in [1.82, 2.24) is 14.8 Å². The molecular weight excluding hydrogens is 460 g/mol. The highest BCUT2D eigenvalue weighted by atomic mass is 16.5. The number of benzene rings is 2. The van der Waals surface area contributed by atoms with Gasteiger partial charge in [0.1, 0.15) is 22.6 Å². The van der Waals surface area contributed by atoms with Crippen LogP contribution in [0.2, 0.25) is 0 Å². The van der Waals surface area contributed by atoms with Crippen LogP contribution >= 0.6 is 0 Å². The van der Waals surface area contributed by atoms with Gasteiger partial charge in [-0.1, -0.05) is 18.2 Å². The van der Waals surface area contributed by atoms with Gasteiger partial charge >= 0.3 is 5.97 Å². The maximum Gasteiger partial charge on any atom is 0.343 e. The lowest BCUT2D eigenvalue weighted by Gasteiger charge is -2.14. The fourth-order valence-electron chi connectivity index (χ4n) is 3.77. The molecule has 0 unspecified atom stereocenters. The van der Waals surface area contributed by atoms with Crippen molar-refractivity contribution in [2.45, 2.75) is 27.7 Å². The Morgan fingerprint density at radius 2 is 1.83 bits per heavy atom. The number of hydrogen-bond acceptors (Lipinski definition) is 7. The van der Waals surface area contributed by atoms with Crippen LogP contribution < -0.4 is 14.8 Å². The molecule has 0 radical (unpaired) electrons. The van der Waals surface area contributed by atoms with E-state index in [9.17, 15) is 9.59 Å². The summed E-state index contributed by atoms with van der Waals surface area (Å²) in [7, 11) is 1.58. The number of methoxy groups -OCH3 is 1. The number of pyridine rings is 1. The number of anilines is 1. The first-order valence-electron chi connectivity index (χ1n) is 11.5. The summed E-state index contributed by atoms with van der Waals surface area (Å²) in [6, 6.07) is 13.1. The number of nitrogens with zero attached hydrogens (tertiary/aromatic N) is 3. The number of carbonyl (C=O) groups is 2. The molecule has 0 spiro atoms. The molecule has 2 aromatic heterocycles. The molecule has 0 aliphatic heterocycles. The molecule has 0 aliphatic rings. The molecule has 1 N–H and O–H groups in total. The number of nitrogens with one attached hydrogen (secondary N) is 1. The first-order chi connectivity index (χ1) is 17.3. The third-order valence-electron chi connectivity index (χ3n) is 5.80. The fraction of sp³-hybridized carbons (Fsp3) is 0.259. The second-order valence-corrected chi connectivity index (χ2v) is 8.28. The van der Waals surface area contributed by atoms with E-state index in [4.69, 9.17) is 19.2 Å². The second kappa shape index (κ2) is 10.5. The largest absolute Gasteiger partial charge is 0.494 e. The van der Waals surface area contributed by atoms with Gasteiger partial charge in [-0.25, -0.2) is 9.78 Å². The molecule has 2 aromatic carbocycles. The maximum absolute atomic E-state index is 12.9. The number of ether oxygens (including phenoxy) is 3. The Bertz CT molecular complexity index is 1440. The molecule has 9 nitrogen and oxygen atoms in total. The molecule has 4 aromatic rings. The number of carbonyl (C=O) groups excluding carboxylic acids is 2. The summed E-state index contributed by atoms with van der Waals surface area (Å²) < 4.78 is 17.7. The maximum atomic E-state index is 12.9. The van der Waals surface area contributed by atoms with Crippen molar-refractivity contribution in [2.75, 3.05) is 25.6 Å². The zero-order valence-corrected chi connectivity index (χ0v) is 20.9. The molecule has 0 saturated heterocycles. The van der Waals surface area contributed by atoms with Crippen LogP contribution in [-0.2, 0) is 9.53 Å². The van der Waals surface area contributed by atoms with E-state index in [0.29, 0.717) is 22.8 Å². The van der Waals surface area contributed by atoms with Crippen molar-refractivity contribution in [1.29, 1.82) is 0 Å². The Labute approximate surface area is 209 Å². The lowest BCUT2D eigenvalue weighted by molar-refractivity contribution is -0.118. The molecule has 0 atom stereocenters. The lowest BCUT2D eigenvalue weighted by atomic mass is 10.1. The van der Waals surface area contributed by atoms with E-state index in [0.717, 1.165) is 22.1 Å². The van der Waals surface area contributed by atoms with Crippen molar-refractivity contribution < 1.29 is 23.8 Å². The van der Waals surface area contributed by atoms with Crippen LogP contribution in [-0.4, -0.2) is 47.0 Å². The smallest absolute Gasteiger partial charge is 0.343 e. The van der Waals surface area contributed by atoms with Crippen LogP contribution in [0.4, 0.5) is 5.82 Å². The highest BCUT2D eigenvalue weighted by Gasteiger charge is 2.23. The molecule has 9 heteroatoms. The SMILES string of the molecule is CCOC(=O)c1cnn(-c2cc(C)c3cccc(OC)c3n2)c1NC(=O)COc1ccc(C)c(C)c1. The molecule has 36 heavy (non-hydrogen) atoms. The average molecular weight is 489 g/mol. The summed E-state index contributed by atoms with van der Waals surface area (Å²) in [6.07, 6.45) is 1.35. The monoisotopic (exact) mass is 488 g/mol. The van der Waals surface area contributed by atoms with Crippen molar-refractivity contribution in [3.63, 3.8) is 0 Å². The Hall–Kier alpha value is -4.40. The number of aryl methyl sites for hydroxylation is 3. The predicted octanol–water partition coefficient (Wildman–Crippen LogP) is 4.55. The standard InChI is InChI=1S/C27H28N4O5/c1-6-35-27(33)21-14-28-31(23-13-18(4)20-8-7-9-22(34-5)25(20)29-23)26(21)30-24(32)15-36-19-11-10-16(2)17(3)12-19/h7-14H,6,15H2,1-5H3,(H,30,32). The van der Waals surface area contributed by atoms with Crippen LogP contribution in [0, 0.1) is 20.8 Å². The molecule has 0 aliphatic carbocycles. The van der Waals surface area contributed by atoms with E-state index in [2.05, 4.69) is 10.4 Å². The second-order valence-electron chi connectivity index (χ2n) is 8.28. The molecule has 0 saturated carbocycles. The number of esters is 1. The highest BCUT2D eigenvalue weighted by molar-refractivity contribution is 6.01. The van der Waals surface area contributed by atoms with Gasteiger partial charge in [0, 0.05) is 5.39 Å². The van der Waals surface area contributed by atoms with Crippen LogP contribution in [0.5, 0.6) is 11.5 Å². The third-order valence-corrected chi connectivity index (χ3v) is 5.80. The zero-order valence-electron chi connectivity index (χ0n) is 20.9. The molecule has 2 heterocycles. The van der Waals surface area contributed by atoms with E-state index in [1.165, 1.54) is 10.9 Å². The van der Waals surface area contributed by atoms with Gasteiger partial charge in [-0.3, -0.25) is 4.79 Å². The summed E-state index contributed by atoms with van der Waals surface area (Å²) in [5, 5.41) is 8.02. The van der Waals surface area contributed by atoms with Gasteiger partial charge in [0.2, 0.25) is 0 Å². The summed E-state index contributed by atoms with van der Waals surface area (Å²) in [5.41, 5.74) is 3.86. The van der Waals surface area contributed by atoms with E-state index >= 15 is 0 Å². The zero-order chi connectivity index (χ0) is 25.8. The van der Waals surface area contributed by atoms with Gasteiger partial charge in [0.15, 0.2) is 18.2 Å². The molecule has 186 valence electrons. The Balaban J connectivity index is 1.69. The van der Waals surface area contributed by atoms with Gasteiger partial charge in [-0.2, -0.15) is 9.78 Å². The first kappa shape index (κ1) is 24.7. The van der Waals surface area contributed by atoms with Gasteiger partial charge in [0.05, 0.1) is 19.9 Å². The highest BCUT2D eigenvalue weighted by Crippen LogP contribution is 2.29. The summed E-state index contributed by atoms with van der Waals surface area (Å²) in [5.74, 6) is 0.655. The van der Waals surface area contributed by atoms with Crippen LogP contribution in [0.3, 0.4) is 0 Å². The van der Waals surface area contributed by atoms with Crippen LogP contribution in [0.15, 0.2) is 48.7 Å². The Morgan fingerprint density at radius 3 is 2.56 bits per heavy atom. The number of hydrogen-bond donors (Lipinski definition) is 1. The normalized spacial score (nSPS) is 10.8. The number of rotatable bonds is 8. The molecule has 1 amide bonds. The van der Waals surface area contributed by atoms with E-state index in [1.54, 1.807) is 20.1 Å². The lowest BCUT2D eigenvalue weighted by Crippen LogP contribution is -2.23. The van der Waals surface area contributed by atoms with Crippen molar-refractivity contribution in [3.05, 3.63) is 70.9 Å². The van der Waals surface area contributed by atoms with E-state index < -0.39 is 11.9 Å². The summed E-state index contributed by atoms with van der Waals surface area (Å²) in [6.45, 7) is 7.55. The van der Waals surface area contributed by atoms with E-state index in [-0.39, 0.29) is 24.6 Å².